The van der Waals surface area contributed by atoms with Crippen molar-refractivity contribution in [3.05, 3.63) is 93.4 Å². The first-order chi connectivity index (χ1) is 24.9. The Morgan fingerprint density at radius 2 is 1.81 bits per heavy atom. The molecule has 52 heavy (non-hydrogen) atoms. The van der Waals surface area contributed by atoms with Crippen LogP contribution in [0.4, 0.5) is 4.39 Å². The molecule has 8 rings (SSSR count). The van der Waals surface area contributed by atoms with Crippen LogP contribution in [0.2, 0.25) is 5.02 Å². The van der Waals surface area contributed by atoms with E-state index in [9.17, 15) is 22.7 Å². The zero-order valence-electron chi connectivity index (χ0n) is 28.8. The summed E-state index contributed by atoms with van der Waals surface area (Å²) in [6, 6.07) is 14.0. The van der Waals surface area contributed by atoms with Gasteiger partial charge in [0.15, 0.2) is 0 Å². The highest BCUT2D eigenvalue weighted by molar-refractivity contribution is 7.98. The maximum absolute atomic E-state index is 14.4. The minimum absolute atomic E-state index is 0.0155. The van der Waals surface area contributed by atoms with Crippen LogP contribution in [0.5, 0.6) is 5.75 Å². The van der Waals surface area contributed by atoms with Gasteiger partial charge in [-0.2, -0.15) is 14.5 Å². The van der Waals surface area contributed by atoms with Crippen molar-refractivity contribution in [2.75, 3.05) is 12.9 Å². The van der Waals surface area contributed by atoms with Crippen molar-refractivity contribution in [1.82, 2.24) is 28.4 Å². The molecule has 1 N–H and O–H groups in total. The Hall–Kier alpha value is -4.37. The van der Waals surface area contributed by atoms with Gasteiger partial charge in [-0.05, 0) is 79.1 Å². The molecule has 8 bridgehead atoms. The van der Waals surface area contributed by atoms with Gasteiger partial charge in [0.2, 0.25) is 10.0 Å². The quantitative estimate of drug-likeness (QED) is 0.201. The smallest absolute Gasteiger partial charge is 0.352 e. The number of benzene rings is 3. The second-order valence-electron chi connectivity index (χ2n) is 13.4. The van der Waals surface area contributed by atoms with E-state index in [1.807, 2.05) is 36.0 Å². The summed E-state index contributed by atoms with van der Waals surface area (Å²) in [4.78, 5) is 13.7. The molecule has 0 aliphatic carbocycles. The number of thioether (sulfide) groups is 1. The normalized spacial score (nSPS) is 15.8. The number of hydrogen-bond donors (Lipinski definition) is 1. The van der Waals surface area contributed by atoms with Crippen molar-refractivity contribution in [2.45, 2.75) is 56.0 Å². The highest BCUT2D eigenvalue weighted by Gasteiger charge is 2.32. The zero-order valence-corrected chi connectivity index (χ0v) is 31.2. The van der Waals surface area contributed by atoms with Crippen LogP contribution in [0.1, 0.15) is 51.7 Å². The summed E-state index contributed by atoms with van der Waals surface area (Å²) >= 11 is 8.58. The van der Waals surface area contributed by atoms with Gasteiger partial charge in [0.05, 0.1) is 47.9 Å². The Kier molecular flexibility index (Phi) is 8.84. The number of halogens is 2. The molecule has 0 saturated heterocycles. The first-order valence-corrected chi connectivity index (χ1v) is 20.2. The molecule has 0 atom stereocenters. The largest absolute Gasteiger partial charge is 0.493 e. The lowest BCUT2D eigenvalue weighted by Gasteiger charge is -2.19. The molecule has 15 heteroatoms. The van der Waals surface area contributed by atoms with Crippen molar-refractivity contribution < 1.29 is 27.4 Å². The summed E-state index contributed by atoms with van der Waals surface area (Å²) in [7, 11) is -0.194. The fraction of sp³-hybridized carbons (Fsp3) is 0.324. The molecule has 0 amide bonds. The molecule has 0 fully saturated rings. The van der Waals surface area contributed by atoms with Gasteiger partial charge in [-0.25, -0.2) is 17.6 Å². The van der Waals surface area contributed by atoms with Gasteiger partial charge < -0.3 is 14.4 Å². The van der Waals surface area contributed by atoms with E-state index in [-0.39, 0.29) is 24.6 Å². The summed E-state index contributed by atoms with van der Waals surface area (Å²) in [5.41, 5.74) is 5.77. The first-order valence-electron chi connectivity index (χ1n) is 16.9. The zero-order chi connectivity index (χ0) is 36.5. The molecule has 5 heterocycles. The van der Waals surface area contributed by atoms with Gasteiger partial charge >= 0.3 is 5.97 Å². The summed E-state index contributed by atoms with van der Waals surface area (Å²) in [6.45, 7) is 0.963. The number of hydrogen-bond acceptors (Lipinski definition) is 7. The van der Waals surface area contributed by atoms with Gasteiger partial charge in [0, 0.05) is 64.6 Å². The number of carboxylic acid groups (broad SMARTS) is 1. The van der Waals surface area contributed by atoms with E-state index in [0.717, 1.165) is 45.5 Å². The third kappa shape index (κ3) is 6.14. The van der Waals surface area contributed by atoms with Crippen LogP contribution >= 0.6 is 23.4 Å². The predicted octanol–water partition coefficient (Wildman–Crippen LogP) is 6.94. The number of nitrogens with zero attached hydrogens (tertiary/aromatic N) is 6. The monoisotopic (exact) mass is 762 g/mol. The van der Waals surface area contributed by atoms with E-state index in [1.165, 1.54) is 22.7 Å². The number of carboxylic acids is 1. The number of rotatable bonds is 2. The number of ether oxygens (including phenoxy) is 1. The standard InChI is InChI=1S/C37H36ClFN6O5S2/c1-42-35-28-10-11-29(38)33(35)34-30(41-45-12-4-7-31(34)45)19-44(52(3,48)49)18-23-16-24(43(2)40-23)20-51-25-15-21-14-22(39)8-9-26(21)32(17-25)50-13-5-6-27(28)36(42)37(46)47/h8-11,14-17H,4-7,12-13,18-20H2,1-3H3,(H,46,47). The molecule has 6 aromatic rings. The van der Waals surface area contributed by atoms with Crippen LogP contribution < -0.4 is 4.74 Å². The fourth-order valence-electron chi connectivity index (χ4n) is 7.64. The first kappa shape index (κ1) is 34.7. The Labute approximate surface area is 309 Å². The molecule has 3 aromatic heterocycles. The van der Waals surface area contributed by atoms with Crippen molar-refractivity contribution in [3.8, 4) is 16.9 Å². The molecule has 0 saturated carbocycles. The third-order valence-corrected chi connectivity index (χ3v) is 12.5. The minimum Gasteiger partial charge on any atom is -0.493 e. The molecule has 0 spiro atoms. The lowest BCUT2D eigenvalue weighted by molar-refractivity contribution is 0.0685. The van der Waals surface area contributed by atoms with Gasteiger partial charge in [-0.1, -0.05) is 17.7 Å². The van der Waals surface area contributed by atoms with Crippen LogP contribution in [0.3, 0.4) is 0 Å². The number of aryl methyl sites for hydroxylation is 4. The van der Waals surface area contributed by atoms with E-state index in [0.29, 0.717) is 75.9 Å². The number of fused-ring (bicyclic) bond motifs is 10. The van der Waals surface area contributed by atoms with Gasteiger partial charge in [0.25, 0.3) is 0 Å². The number of carbonyl (C=O) groups is 1. The Morgan fingerprint density at radius 3 is 2.60 bits per heavy atom. The lowest BCUT2D eigenvalue weighted by Crippen LogP contribution is -2.29. The van der Waals surface area contributed by atoms with Crippen LogP contribution in [-0.2, 0) is 62.3 Å². The maximum Gasteiger partial charge on any atom is 0.352 e. The topological polar surface area (TPSA) is 124 Å². The molecule has 3 aromatic carbocycles. The molecule has 11 nitrogen and oxygen atoms in total. The molecule has 2 aliphatic heterocycles. The molecule has 270 valence electrons. The highest BCUT2D eigenvalue weighted by Crippen LogP contribution is 2.44. The average Bonchev–Trinajstić information content (AvgIpc) is 3.83. The van der Waals surface area contributed by atoms with Crippen molar-refractivity contribution in [1.29, 1.82) is 0 Å². The Morgan fingerprint density at radius 1 is 1.00 bits per heavy atom. The summed E-state index contributed by atoms with van der Waals surface area (Å²) < 4.78 is 54.2. The van der Waals surface area contributed by atoms with Crippen molar-refractivity contribution >= 4 is 61.0 Å². The van der Waals surface area contributed by atoms with E-state index < -0.39 is 16.0 Å². The number of aromatic carboxylic acids is 1. The van der Waals surface area contributed by atoms with Gasteiger partial charge in [-0.15, -0.1) is 11.8 Å². The van der Waals surface area contributed by atoms with Gasteiger partial charge in [-0.3, -0.25) is 9.36 Å². The van der Waals surface area contributed by atoms with Crippen molar-refractivity contribution in [2.24, 2.45) is 14.1 Å². The van der Waals surface area contributed by atoms with E-state index >= 15 is 0 Å². The predicted molar refractivity (Wildman–Crippen MR) is 199 cm³/mol. The molecule has 0 unspecified atom stereocenters. The van der Waals surface area contributed by atoms with Crippen LogP contribution in [0, 0.1) is 5.82 Å². The highest BCUT2D eigenvalue weighted by atomic mass is 35.5. The molecular formula is C37H36ClFN6O5S2. The Bertz CT molecular complexity index is 2540. The Balaban J connectivity index is 1.31. The molecule has 0 radical (unpaired) electrons. The fourth-order valence-corrected chi connectivity index (χ4v) is 9.60. The summed E-state index contributed by atoms with van der Waals surface area (Å²) in [5, 5.41) is 22.8. The third-order valence-electron chi connectivity index (χ3n) is 10.0. The number of sulfonamides is 1. The van der Waals surface area contributed by atoms with E-state index in [4.69, 9.17) is 21.4 Å². The van der Waals surface area contributed by atoms with Crippen LogP contribution in [0.25, 0.3) is 32.8 Å². The molecule has 2 aliphatic rings. The van der Waals surface area contributed by atoms with Crippen molar-refractivity contribution in [3.63, 3.8) is 0 Å². The van der Waals surface area contributed by atoms with E-state index in [1.54, 1.807) is 40.2 Å². The molecular weight excluding hydrogens is 727 g/mol. The van der Waals surface area contributed by atoms with Crippen LogP contribution in [-0.4, -0.2) is 60.8 Å². The lowest BCUT2D eigenvalue weighted by atomic mass is 9.97. The van der Waals surface area contributed by atoms with Crippen LogP contribution in [0.15, 0.2) is 53.4 Å². The second kappa shape index (κ2) is 13.2. The minimum atomic E-state index is -3.75. The summed E-state index contributed by atoms with van der Waals surface area (Å²) in [6.07, 6.45) is 3.68. The maximum atomic E-state index is 14.4. The number of aromatic nitrogens is 5. The summed E-state index contributed by atoms with van der Waals surface area (Å²) in [5.74, 6) is -0.291. The average molecular weight is 763 g/mol. The van der Waals surface area contributed by atoms with E-state index in [2.05, 4.69) is 5.10 Å². The second-order valence-corrected chi connectivity index (χ2v) is 16.9. The van der Waals surface area contributed by atoms with Gasteiger partial charge in [0.1, 0.15) is 17.3 Å². The SMILES string of the molecule is Cn1nc2cc1CSc1cc(c3ccc(F)cc3c1)OCCCc1c(C(=O)O)n(C)c3c(c(Cl)ccc13)-c1c(nn3c1CCC3)CN(S(C)(=O)=O)C2.